The van der Waals surface area contributed by atoms with Crippen LogP contribution in [0.5, 0.6) is 0 Å². The SMILES string of the molecule is CCC(C)CCCCCCCCCCCCCCCCC(=O)OCC(O)CO. The van der Waals surface area contributed by atoms with E-state index >= 15 is 0 Å². The van der Waals surface area contributed by atoms with Crippen molar-refractivity contribution in [3.8, 4) is 0 Å². The van der Waals surface area contributed by atoms with Crippen LogP contribution in [0.15, 0.2) is 0 Å². The molecule has 0 rings (SSSR count). The lowest BCUT2D eigenvalue weighted by Crippen LogP contribution is -2.21. The smallest absolute Gasteiger partial charge is 0.305 e. The second-order valence-corrected chi connectivity index (χ2v) is 8.52. The summed E-state index contributed by atoms with van der Waals surface area (Å²) in [5.41, 5.74) is 0. The van der Waals surface area contributed by atoms with Gasteiger partial charge in [0.1, 0.15) is 12.7 Å². The highest BCUT2D eigenvalue weighted by Gasteiger charge is 2.07. The molecule has 2 atom stereocenters. The Kier molecular flexibility index (Phi) is 20.6. The topological polar surface area (TPSA) is 66.8 Å². The minimum absolute atomic E-state index is 0.104. The third kappa shape index (κ3) is 20.1. The number of aliphatic hydroxyl groups excluding tert-OH is 2. The molecule has 0 amide bonds. The molecule has 2 N–H and O–H groups in total. The Bertz CT molecular complexity index is 333. The normalized spacial score (nSPS) is 13.4. The number of aliphatic hydroxyl groups is 2. The van der Waals surface area contributed by atoms with Crippen molar-refractivity contribution in [3.63, 3.8) is 0 Å². The van der Waals surface area contributed by atoms with Crippen LogP contribution in [-0.2, 0) is 9.53 Å². The molecule has 4 heteroatoms. The molecule has 0 aromatic carbocycles. The van der Waals surface area contributed by atoms with Crippen LogP contribution in [-0.4, -0.2) is 35.5 Å². The summed E-state index contributed by atoms with van der Waals surface area (Å²) >= 11 is 0. The van der Waals surface area contributed by atoms with E-state index in [1.807, 2.05) is 0 Å². The molecule has 0 heterocycles. The molecule has 0 bridgehead atoms. The number of ether oxygens (including phenoxy) is 1. The Morgan fingerprint density at radius 3 is 1.64 bits per heavy atom. The van der Waals surface area contributed by atoms with E-state index in [-0.39, 0.29) is 19.2 Å². The minimum Gasteiger partial charge on any atom is -0.463 e. The molecule has 0 aromatic rings. The molecule has 0 fully saturated rings. The fraction of sp³-hybridized carbons (Fsp3) is 0.958. The average Bonchev–Trinajstić information content (AvgIpc) is 2.71. The van der Waals surface area contributed by atoms with Gasteiger partial charge in [-0.2, -0.15) is 0 Å². The van der Waals surface area contributed by atoms with E-state index in [4.69, 9.17) is 14.9 Å². The molecule has 0 aromatic heterocycles. The number of hydrogen-bond acceptors (Lipinski definition) is 4. The summed E-state index contributed by atoms with van der Waals surface area (Å²) in [7, 11) is 0. The zero-order valence-corrected chi connectivity index (χ0v) is 18.8. The molecule has 2 unspecified atom stereocenters. The monoisotopic (exact) mass is 400 g/mol. The van der Waals surface area contributed by atoms with Crippen LogP contribution in [0.25, 0.3) is 0 Å². The first-order valence-corrected chi connectivity index (χ1v) is 12.0. The van der Waals surface area contributed by atoms with Gasteiger partial charge < -0.3 is 14.9 Å². The standard InChI is InChI=1S/C24H48O4/c1-3-22(2)18-16-14-12-10-8-6-4-5-7-9-11-13-15-17-19-24(27)28-21-23(26)20-25/h22-23,25-26H,3-21H2,1-2H3. The summed E-state index contributed by atoms with van der Waals surface area (Å²) < 4.78 is 4.88. The predicted molar refractivity (Wildman–Crippen MR) is 117 cm³/mol. The maximum atomic E-state index is 11.4. The van der Waals surface area contributed by atoms with Crippen LogP contribution in [0.3, 0.4) is 0 Å². The van der Waals surface area contributed by atoms with Gasteiger partial charge in [0.2, 0.25) is 0 Å². The zero-order valence-electron chi connectivity index (χ0n) is 18.8. The summed E-state index contributed by atoms with van der Waals surface area (Å²) in [6.07, 6.45) is 20.5. The van der Waals surface area contributed by atoms with Crippen LogP contribution in [0.4, 0.5) is 0 Å². The number of carbonyl (C=O) groups excluding carboxylic acids is 1. The maximum absolute atomic E-state index is 11.4. The van der Waals surface area contributed by atoms with Crippen LogP contribution in [0.1, 0.15) is 123 Å². The fourth-order valence-corrected chi connectivity index (χ4v) is 3.40. The maximum Gasteiger partial charge on any atom is 0.305 e. The highest BCUT2D eigenvalue weighted by atomic mass is 16.5. The number of hydrogen-bond donors (Lipinski definition) is 2. The molecule has 28 heavy (non-hydrogen) atoms. The van der Waals surface area contributed by atoms with Crippen molar-refractivity contribution in [1.82, 2.24) is 0 Å². The average molecular weight is 401 g/mol. The Morgan fingerprint density at radius 2 is 1.21 bits per heavy atom. The predicted octanol–water partition coefficient (Wildman–Crippen LogP) is 6.17. The Balaban J connectivity index is 3.15. The van der Waals surface area contributed by atoms with Gasteiger partial charge in [-0.1, -0.05) is 110 Å². The van der Waals surface area contributed by atoms with Crippen molar-refractivity contribution >= 4 is 5.97 Å². The fourth-order valence-electron chi connectivity index (χ4n) is 3.40. The first-order chi connectivity index (χ1) is 13.6. The molecule has 168 valence electrons. The van der Waals surface area contributed by atoms with Gasteiger partial charge in [-0.15, -0.1) is 0 Å². The highest BCUT2D eigenvalue weighted by molar-refractivity contribution is 5.69. The summed E-state index contributed by atoms with van der Waals surface area (Å²) in [5, 5.41) is 17.8. The van der Waals surface area contributed by atoms with E-state index in [1.54, 1.807) is 0 Å². The van der Waals surface area contributed by atoms with Gasteiger partial charge in [-0.25, -0.2) is 0 Å². The molecule has 4 nitrogen and oxygen atoms in total. The van der Waals surface area contributed by atoms with Crippen molar-refractivity contribution in [2.45, 2.75) is 129 Å². The molecular weight excluding hydrogens is 352 g/mol. The van der Waals surface area contributed by atoms with E-state index in [9.17, 15) is 4.79 Å². The summed E-state index contributed by atoms with van der Waals surface area (Å²) in [6, 6.07) is 0. The van der Waals surface area contributed by atoms with Gasteiger partial charge in [0, 0.05) is 6.42 Å². The van der Waals surface area contributed by atoms with Crippen molar-refractivity contribution in [2.75, 3.05) is 13.2 Å². The largest absolute Gasteiger partial charge is 0.463 e. The third-order valence-corrected chi connectivity index (χ3v) is 5.67. The second kappa shape index (κ2) is 21.1. The Labute approximate surface area is 174 Å². The lowest BCUT2D eigenvalue weighted by molar-refractivity contribution is -0.147. The van der Waals surface area contributed by atoms with Gasteiger partial charge in [-0.05, 0) is 12.3 Å². The number of rotatable bonds is 21. The molecule has 0 aliphatic heterocycles. The first kappa shape index (κ1) is 27.4. The van der Waals surface area contributed by atoms with E-state index in [0.29, 0.717) is 6.42 Å². The molecular formula is C24H48O4. The highest BCUT2D eigenvalue weighted by Crippen LogP contribution is 2.16. The molecule has 0 saturated heterocycles. The van der Waals surface area contributed by atoms with Crippen LogP contribution >= 0.6 is 0 Å². The minimum atomic E-state index is -0.955. The van der Waals surface area contributed by atoms with Crippen LogP contribution in [0.2, 0.25) is 0 Å². The van der Waals surface area contributed by atoms with E-state index < -0.39 is 6.10 Å². The number of esters is 1. The summed E-state index contributed by atoms with van der Waals surface area (Å²) in [4.78, 5) is 11.4. The quantitative estimate of drug-likeness (QED) is 0.179. The van der Waals surface area contributed by atoms with Gasteiger partial charge in [-0.3, -0.25) is 4.79 Å². The van der Waals surface area contributed by atoms with Crippen LogP contribution in [0, 0.1) is 5.92 Å². The van der Waals surface area contributed by atoms with Crippen molar-refractivity contribution in [2.24, 2.45) is 5.92 Å². The van der Waals surface area contributed by atoms with E-state index in [1.165, 1.54) is 89.9 Å². The molecule has 0 aliphatic rings. The Hall–Kier alpha value is -0.610. The second-order valence-electron chi connectivity index (χ2n) is 8.52. The zero-order chi connectivity index (χ0) is 20.9. The lowest BCUT2D eigenvalue weighted by atomic mass is 9.99. The van der Waals surface area contributed by atoms with Gasteiger partial charge in [0.15, 0.2) is 0 Å². The lowest BCUT2D eigenvalue weighted by Gasteiger charge is -2.08. The van der Waals surface area contributed by atoms with Gasteiger partial charge >= 0.3 is 5.97 Å². The van der Waals surface area contributed by atoms with Crippen LogP contribution < -0.4 is 0 Å². The van der Waals surface area contributed by atoms with E-state index in [0.717, 1.165) is 18.8 Å². The number of carbonyl (C=O) groups is 1. The van der Waals surface area contributed by atoms with E-state index in [2.05, 4.69) is 13.8 Å². The number of unbranched alkanes of at least 4 members (excludes halogenated alkanes) is 13. The third-order valence-electron chi connectivity index (χ3n) is 5.67. The summed E-state index contributed by atoms with van der Waals surface area (Å²) in [5.74, 6) is 0.636. The van der Waals surface area contributed by atoms with Crippen molar-refractivity contribution in [1.29, 1.82) is 0 Å². The molecule has 0 aliphatic carbocycles. The van der Waals surface area contributed by atoms with Crippen molar-refractivity contribution < 1.29 is 19.7 Å². The summed E-state index contributed by atoms with van der Waals surface area (Å²) in [6.45, 7) is 4.18. The van der Waals surface area contributed by atoms with Gasteiger partial charge in [0.25, 0.3) is 0 Å². The van der Waals surface area contributed by atoms with Crippen molar-refractivity contribution in [3.05, 3.63) is 0 Å². The molecule has 0 radical (unpaired) electrons. The molecule has 0 spiro atoms. The van der Waals surface area contributed by atoms with Gasteiger partial charge in [0.05, 0.1) is 6.61 Å². The first-order valence-electron chi connectivity index (χ1n) is 12.0. The Morgan fingerprint density at radius 1 is 0.786 bits per heavy atom. The molecule has 0 saturated carbocycles.